The van der Waals surface area contributed by atoms with Crippen LogP contribution in [0.5, 0.6) is 0 Å². The number of nitrogens with two attached hydrogens (primary N) is 1. The molecule has 102 valence electrons. The van der Waals surface area contributed by atoms with Crippen LogP contribution in [-0.4, -0.2) is 23.9 Å². The lowest BCUT2D eigenvalue weighted by Gasteiger charge is -2.28. The van der Waals surface area contributed by atoms with E-state index >= 15 is 0 Å². The standard InChI is InChI=1S/C17H18N2O/c1-11(18)17(20)19(2)16-14-9-5-3-7-12(14)13-8-4-6-10-15(13)16/h3-11,16H,18H2,1-2H3/t11-/m1/s1. The van der Waals surface area contributed by atoms with Crippen molar-refractivity contribution in [2.75, 3.05) is 7.05 Å². The average molecular weight is 266 g/mol. The number of hydrogen-bond acceptors (Lipinski definition) is 2. The van der Waals surface area contributed by atoms with Crippen molar-refractivity contribution in [2.24, 2.45) is 5.73 Å². The molecule has 1 aliphatic rings. The number of amides is 1. The highest BCUT2D eigenvalue weighted by Gasteiger charge is 2.33. The highest BCUT2D eigenvalue weighted by molar-refractivity contribution is 5.85. The Morgan fingerprint density at radius 1 is 1.05 bits per heavy atom. The molecule has 20 heavy (non-hydrogen) atoms. The van der Waals surface area contributed by atoms with Gasteiger partial charge in [0.05, 0.1) is 12.1 Å². The number of fused-ring (bicyclic) bond motifs is 3. The fourth-order valence-electron chi connectivity index (χ4n) is 2.99. The van der Waals surface area contributed by atoms with E-state index < -0.39 is 6.04 Å². The fourth-order valence-corrected chi connectivity index (χ4v) is 2.99. The number of benzene rings is 2. The third-order valence-corrected chi connectivity index (χ3v) is 3.93. The van der Waals surface area contributed by atoms with Crippen LogP contribution in [0.25, 0.3) is 11.1 Å². The summed E-state index contributed by atoms with van der Waals surface area (Å²) < 4.78 is 0. The van der Waals surface area contributed by atoms with Crippen molar-refractivity contribution >= 4 is 5.91 Å². The molecule has 2 N–H and O–H groups in total. The molecule has 0 saturated carbocycles. The van der Waals surface area contributed by atoms with Gasteiger partial charge in [0, 0.05) is 7.05 Å². The highest BCUT2D eigenvalue weighted by atomic mass is 16.2. The second-order valence-electron chi connectivity index (χ2n) is 5.31. The summed E-state index contributed by atoms with van der Waals surface area (Å²) in [6.07, 6.45) is 0. The van der Waals surface area contributed by atoms with Crippen molar-refractivity contribution in [2.45, 2.75) is 19.0 Å². The Balaban J connectivity index is 2.14. The molecule has 0 aromatic heterocycles. The predicted molar refractivity (Wildman–Crippen MR) is 80.1 cm³/mol. The summed E-state index contributed by atoms with van der Waals surface area (Å²) in [5.41, 5.74) is 10.5. The maximum absolute atomic E-state index is 12.3. The molecule has 0 heterocycles. The monoisotopic (exact) mass is 266 g/mol. The highest BCUT2D eigenvalue weighted by Crippen LogP contribution is 2.45. The van der Waals surface area contributed by atoms with Gasteiger partial charge in [-0.3, -0.25) is 4.79 Å². The SMILES string of the molecule is C[C@@H](N)C(=O)N(C)C1c2ccccc2-c2ccccc21. The van der Waals surface area contributed by atoms with Gasteiger partial charge in [-0.25, -0.2) is 0 Å². The third-order valence-electron chi connectivity index (χ3n) is 3.93. The van der Waals surface area contributed by atoms with Gasteiger partial charge >= 0.3 is 0 Å². The summed E-state index contributed by atoms with van der Waals surface area (Å²) in [4.78, 5) is 14.0. The van der Waals surface area contributed by atoms with E-state index in [0.29, 0.717) is 0 Å². The molecular weight excluding hydrogens is 248 g/mol. The van der Waals surface area contributed by atoms with Crippen LogP contribution in [0.2, 0.25) is 0 Å². The summed E-state index contributed by atoms with van der Waals surface area (Å²) in [7, 11) is 1.83. The lowest BCUT2D eigenvalue weighted by Crippen LogP contribution is -2.41. The first kappa shape index (κ1) is 12.9. The first-order valence-corrected chi connectivity index (χ1v) is 6.81. The van der Waals surface area contributed by atoms with E-state index in [1.807, 2.05) is 31.3 Å². The Labute approximate surface area is 119 Å². The Morgan fingerprint density at radius 2 is 1.50 bits per heavy atom. The predicted octanol–water partition coefficient (Wildman–Crippen LogP) is 2.56. The van der Waals surface area contributed by atoms with Gasteiger partial charge in [-0.15, -0.1) is 0 Å². The molecule has 3 nitrogen and oxygen atoms in total. The van der Waals surface area contributed by atoms with E-state index in [1.165, 1.54) is 22.3 Å². The third kappa shape index (κ3) is 1.82. The van der Waals surface area contributed by atoms with Crippen LogP contribution in [0.1, 0.15) is 24.1 Å². The molecule has 0 spiro atoms. The lowest BCUT2D eigenvalue weighted by atomic mass is 10.0. The molecule has 1 atom stereocenters. The van der Waals surface area contributed by atoms with E-state index in [2.05, 4.69) is 24.3 Å². The van der Waals surface area contributed by atoms with E-state index in [4.69, 9.17) is 5.73 Å². The average Bonchev–Trinajstić information content (AvgIpc) is 2.80. The van der Waals surface area contributed by atoms with Gasteiger partial charge in [0.15, 0.2) is 0 Å². The molecule has 2 aromatic rings. The maximum atomic E-state index is 12.3. The molecule has 0 unspecified atom stereocenters. The van der Waals surface area contributed by atoms with E-state index in [0.717, 1.165) is 0 Å². The second kappa shape index (κ2) is 4.76. The van der Waals surface area contributed by atoms with Gasteiger partial charge in [0.2, 0.25) is 5.91 Å². The smallest absolute Gasteiger partial charge is 0.239 e. The Bertz CT molecular complexity index is 618. The lowest BCUT2D eigenvalue weighted by molar-refractivity contribution is -0.132. The molecule has 0 aliphatic heterocycles. The van der Waals surface area contributed by atoms with E-state index in [1.54, 1.807) is 11.8 Å². The first-order chi connectivity index (χ1) is 9.61. The van der Waals surface area contributed by atoms with Crippen molar-refractivity contribution in [1.29, 1.82) is 0 Å². The zero-order valence-corrected chi connectivity index (χ0v) is 11.7. The second-order valence-corrected chi connectivity index (χ2v) is 5.31. The Kier molecular flexibility index (Phi) is 3.07. The summed E-state index contributed by atoms with van der Waals surface area (Å²) >= 11 is 0. The van der Waals surface area contributed by atoms with Gasteiger partial charge in [-0.2, -0.15) is 0 Å². The number of hydrogen-bond donors (Lipinski definition) is 1. The van der Waals surface area contributed by atoms with Gasteiger partial charge in [0.25, 0.3) is 0 Å². The van der Waals surface area contributed by atoms with Crippen molar-refractivity contribution in [3.05, 3.63) is 59.7 Å². The van der Waals surface area contributed by atoms with Crippen molar-refractivity contribution in [3.8, 4) is 11.1 Å². The van der Waals surface area contributed by atoms with Gasteiger partial charge in [-0.05, 0) is 29.2 Å². The molecule has 0 radical (unpaired) electrons. The summed E-state index contributed by atoms with van der Waals surface area (Å²) in [5, 5.41) is 0. The molecule has 3 heteroatoms. The van der Waals surface area contributed by atoms with Crippen LogP contribution < -0.4 is 5.73 Å². The zero-order valence-electron chi connectivity index (χ0n) is 11.7. The van der Waals surface area contributed by atoms with E-state index in [9.17, 15) is 4.79 Å². The summed E-state index contributed by atoms with van der Waals surface area (Å²) in [6, 6.07) is 16.0. The van der Waals surface area contributed by atoms with Gasteiger partial charge < -0.3 is 10.6 Å². The quantitative estimate of drug-likeness (QED) is 0.908. The topological polar surface area (TPSA) is 46.3 Å². The minimum atomic E-state index is -0.486. The van der Waals surface area contributed by atoms with Crippen LogP contribution in [-0.2, 0) is 4.79 Å². The molecule has 0 bridgehead atoms. The molecule has 1 amide bonds. The van der Waals surface area contributed by atoms with Crippen LogP contribution in [0.4, 0.5) is 0 Å². The van der Waals surface area contributed by atoms with Crippen LogP contribution in [0.3, 0.4) is 0 Å². The number of carbonyl (C=O) groups is 1. The summed E-state index contributed by atoms with van der Waals surface area (Å²) in [5.74, 6) is -0.0403. The van der Waals surface area contributed by atoms with Crippen LogP contribution in [0, 0.1) is 0 Å². The summed E-state index contributed by atoms with van der Waals surface area (Å²) in [6.45, 7) is 1.73. The zero-order chi connectivity index (χ0) is 14.3. The normalized spacial score (nSPS) is 14.6. The molecular formula is C17H18N2O. The van der Waals surface area contributed by atoms with Gasteiger partial charge in [-0.1, -0.05) is 48.5 Å². The van der Waals surface area contributed by atoms with Crippen LogP contribution >= 0.6 is 0 Å². The molecule has 2 aromatic carbocycles. The van der Waals surface area contributed by atoms with Crippen molar-refractivity contribution in [3.63, 3.8) is 0 Å². The minimum absolute atomic E-state index is 0.0403. The number of carbonyl (C=O) groups excluding carboxylic acids is 1. The number of nitrogens with zero attached hydrogens (tertiary/aromatic N) is 1. The molecule has 3 rings (SSSR count). The van der Waals surface area contributed by atoms with Gasteiger partial charge in [0.1, 0.15) is 0 Å². The Hall–Kier alpha value is -2.13. The molecule has 0 saturated heterocycles. The van der Waals surface area contributed by atoms with Crippen LogP contribution in [0.15, 0.2) is 48.5 Å². The first-order valence-electron chi connectivity index (χ1n) is 6.81. The minimum Gasteiger partial charge on any atom is -0.333 e. The molecule has 0 fully saturated rings. The van der Waals surface area contributed by atoms with Crippen molar-refractivity contribution < 1.29 is 4.79 Å². The van der Waals surface area contributed by atoms with E-state index in [-0.39, 0.29) is 11.9 Å². The van der Waals surface area contributed by atoms with Crippen molar-refractivity contribution in [1.82, 2.24) is 4.90 Å². The Morgan fingerprint density at radius 3 is 1.95 bits per heavy atom. The molecule has 1 aliphatic carbocycles. The fraction of sp³-hybridized carbons (Fsp3) is 0.235. The largest absolute Gasteiger partial charge is 0.333 e. The number of likely N-dealkylation sites (N-methyl/N-ethyl adjacent to an activating group) is 1. The maximum Gasteiger partial charge on any atom is 0.239 e. The number of rotatable bonds is 2.